The molecule has 0 radical (unpaired) electrons. The summed E-state index contributed by atoms with van der Waals surface area (Å²) >= 11 is 24.3. The molecule has 0 unspecified atom stereocenters. The first-order valence-corrected chi connectivity index (χ1v) is 37.2. The van der Waals surface area contributed by atoms with Gasteiger partial charge in [0.05, 0.1) is 61.6 Å². The van der Waals surface area contributed by atoms with Crippen molar-refractivity contribution in [1.82, 2.24) is 69.3 Å². The van der Waals surface area contributed by atoms with E-state index in [1.807, 2.05) is 0 Å². The van der Waals surface area contributed by atoms with Crippen molar-refractivity contribution in [3.05, 3.63) is 59.7 Å². The summed E-state index contributed by atoms with van der Waals surface area (Å²) in [6.07, 6.45) is -3.65. The minimum absolute atomic E-state index is 0.0617. The standard InChI is InChI=1S/C61H88N14O23S7/c1-28(44(79)19-63-41(24-102)58(93)69-48(29(2)76)60(95)64-20-46(81)66-38(21-99)52(87)51(86)37(74-98)17-31-7-11-33(78)12-8-31)65-27-75-15-3-4-43(75)55(90)50(85)36(18-45(62)80)72-73-42(25-103)59(94)67-39(22-100)53(88)49(84)35(16-30-5-9-32(77)10-6-30)71-70-34(13-14-47(82)83)57(92)68-40(23-101)54(89)56(91)61(96,97)26-105-104/h5-12,28-29,34-43,48,63,65,70-74,76-78,96-104H,3-4,13-27H2,1-2H3,(H2,62,80)(H,64,95)(H,66,81)(H,67,94)(H,68,92)(H,69,93)(H,82,83)/t28-,29+,34-,35-,36-,37-,38-,39-,40-,41-,42-,43-,48-/m0/s1. The van der Waals surface area contributed by atoms with E-state index in [0.29, 0.717) is 28.3 Å². The van der Waals surface area contributed by atoms with Crippen LogP contribution < -0.4 is 70.1 Å². The largest absolute Gasteiger partial charge is 0.508 e. The Balaban J connectivity index is 1.64. The van der Waals surface area contributed by atoms with Gasteiger partial charge in [0.1, 0.15) is 53.8 Å². The van der Waals surface area contributed by atoms with Crippen LogP contribution in [0.25, 0.3) is 0 Å². The Morgan fingerprint density at radius 1 is 0.581 bits per heavy atom. The van der Waals surface area contributed by atoms with E-state index >= 15 is 0 Å². The number of phenols is 2. The summed E-state index contributed by atoms with van der Waals surface area (Å²) in [7, 11) is 0.514. The zero-order chi connectivity index (χ0) is 79.0. The predicted molar refractivity (Wildman–Crippen MR) is 395 cm³/mol. The highest BCUT2D eigenvalue weighted by molar-refractivity contribution is 8.68. The molecule has 13 atom stereocenters. The van der Waals surface area contributed by atoms with Gasteiger partial charge in [0.25, 0.3) is 5.78 Å². The van der Waals surface area contributed by atoms with Gasteiger partial charge in [-0.05, 0) is 81.3 Å². The Kier molecular flexibility index (Phi) is 41.0. The average molecular weight is 1610 g/mol. The van der Waals surface area contributed by atoms with Crippen LogP contribution in [0.1, 0.15) is 57.1 Å². The Morgan fingerprint density at radius 2 is 1.05 bits per heavy atom. The third-order valence-electron chi connectivity index (χ3n) is 15.9. The second-order valence-corrected chi connectivity index (χ2v) is 27.0. The molecule has 3 rings (SSSR count). The van der Waals surface area contributed by atoms with E-state index in [1.165, 1.54) is 55.5 Å². The summed E-state index contributed by atoms with van der Waals surface area (Å²) < 4.78 is 0. The number of carbonyl (C=O) groups is 16. The number of thiol groups is 6. The maximum atomic E-state index is 14.2. The number of carboxylic acid groups (broad SMARTS) is 1. The van der Waals surface area contributed by atoms with Crippen molar-refractivity contribution in [2.75, 3.05) is 60.8 Å². The number of ketones is 9. The molecule has 0 spiro atoms. The van der Waals surface area contributed by atoms with Crippen LogP contribution in [-0.4, -0.2) is 279 Å². The van der Waals surface area contributed by atoms with Crippen molar-refractivity contribution in [2.45, 2.75) is 143 Å². The van der Waals surface area contributed by atoms with Crippen LogP contribution in [0.15, 0.2) is 48.5 Å². The number of hydrazine groups is 2. The molecule has 1 heterocycles. The van der Waals surface area contributed by atoms with Gasteiger partial charge >= 0.3 is 5.97 Å². The van der Waals surface area contributed by atoms with Crippen LogP contribution in [0.2, 0.25) is 0 Å². The van der Waals surface area contributed by atoms with Gasteiger partial charge in [0, 0.05) is 48.4 Å². The molecule has 44 heteroatoms. The number of carboxylic acids is 1. The number of likely N-dealkylation sites (tertiary alicyclic amines) is 1. The maximum absolute atomic E-state index is 14.2. The van der Waals surface area contributed by atoms with Crippen molar-refractivity contribution in [3.8, 4) is 11.5 Å². The van der Waals surface area contributed by atoms with Gasteiger partial charge in [-0.3, -0.25) is 92.2 Å². The number of rotatable bonds is 53. The van der Waals surface area contributed by atoms with Crippen LogP contribution in [0.4, 0.5) is 0 Å². The van der Waals surface area contributed by atoms with Gasteiger partial charge in [-0.1, -0.05) is 35.1 Å². The zero-order valence-corrected chi connectivity index (χ0v) is 62.6. The molecule has 0 aromatic heterocycles. The number of nitrogens with one attached hydrogen (secondary N) is 12. The number of benzene rings is 2. The number of amides is 6. The molecule has 37 nitrogen and oxygen atoms in total. The lowest BCUT2D eigenvalue weighted by Gasteiger charge is -2.27. The normalized spacial score (nSPS) is 16.5. The summed E-state index contributed by atoms with van der Waals surface area (Å²) in [6, 6.07) is -7.24. The predicted octanol–water partition coefficient (Wildman–Crippen LogP) is -7.54. The number of hydrogen-bond acceptors (Lipinski definition) is 37. The lowest BCUT2D eigenvalue weighted by Crippen LogP contribution is -2.62. The molecule has 0 bridgehead atoms. The van der Waals surface area contributed by atoms with Crippen molar-refractivity contribution in [3.63, 3.8) is 0 Å². The second kappa shape index (κ2) is 46.5. The Labute approximate surface area is 638 Å². The first kappa shape index (κ1) is 92.5. The van der Waals surface area contributed by atoms with E-state index in [0.717, 1.165) is 6.92 Å². The van der Waals surface area contributed by atoms with Crippen LogP contribution in [-0.2, 0) is 89.6 Å². The maximum Gasteiger partial charge on any atom is 0.303 e. The highest BCUT2D eigenvalue weighted by atomic mass is 33.1. The molecule has 2 aromatic rings. The van der Waals surface area contributed by atoms with Gasteiger partial charge in [0.2, 0.25) is 81.7 Å². The summed E-state index contributed by atoms with van der Waals surface area (Å²) in [5, 5.41) is 86.2. The molecule has 1 aliphatic rings. The molecule has 105 heavy (non-hydrogen) atoms. The van der Waals surface area contributed by atoms with E-state index in [9.17, 15) is 113 Å². The molecule has 2 aromatic carbocycles. The number of aromatic hydroxyl groups is 2. The highest BCUT2D eigenvalue weighted by Gasteiger charge is 2.43. The quantitative estimate of drug-likeness (QED) is 0.00962. The third kappa shape index (κ3) is 30.1. The van der Waals surface area contributed by atoms with Crippen molar-refractivity contribution in [2.24, 2.45) is 5.73 Å². The molecule has 0 saturated carbocycles. The number of hydrogen-bond donors (Lipinski definition) is 26. The number of primary amides is 1. The lowest BCUT2D eigenvalue weighted by atomic mass is 9.97. The molecule has 21 N–H and O–H groups in total. The first-order chi connectivity index (χ1) is 49.5. The fourth-order valence-corrected chi connectivity index (χ4v) is 12.0. The number of carbonyl (C=O) groups excluding carboxylic acids is 15. The van der Waals surface area contributed by atoms with E-state index in [1.54, 1.807) is 10.4 Å². The summed E-state index contributed by atoms with van der Waals surface area (Å²) in [4.78, 5) is 214. The molecule has 1 aliphatic heterocycles. The fraction of sp³-hybridized carbons (Fsp3) is 0.541. The summed E-state index contributed by atoms with van der Waals surface area (Å²) in [6.45, 7) is 1.42. The monoisotopic (exact) mass is 1610 g/mol. The van der Waals surface area contributed by atoms with Crippen LogP contribution in [0, 0.1) is 0 Å². The zero-order valence-electron chi connectivity index (χ0n) is 56.4. The first-order valence-electron chi connectivity index (χ1n) is 32.0. The van der Waals surface area contributed by atoms with Gasteiger partial charge in [-0.15, -0.1) is 11.7 Å². The molecule has 0 aliphatic carbocycles. The number of phenolic OH excluding ortho intramolecular Hbond substituents is 2. The third-order valence-corrected chi connectivity index (χ3v) is 18.6. The minimum atomic E-state index is -3.19. The lowest BCUT2D eigenvalue weighted by molar-refractivity contribution is -0.177. The number of aliphatic carboxylic acids is 1. The molecular formula is C61H88N14O23S7. The molecule has 6 amide bonds. The molecular weight excluding hydrogens is 1520 g/mol. The Hall–Kier alpha value is -6.67. The van der Waals surface area contributed by atoms with Crippen molar-refractivity contribution in [1.29, 1.82) is 0 Å². The van der Waals surface area contributed by atoms with Crippen LogP contribution >= 0.6 is 85.6 Å². The fourth-order valence-electron chi connectivity index (χ4n) is 9.83. The van der Waals surface area contributed by atoms with Crippen LogP contribution in [0.3, 0.4) is 0 Å². The number of aliphatic hydroxyl groups excluding tert-OH is 1. The summed E-state index contributed by atoms with van der Waals surface area (Å²) in [5.74, 6) is -24.7. The minimum Gasteiger partial charge on any atom is -0.508 e. The highest BCUT2D eigenvalue weighted by Crippen LogP contribution is 2.21. The van der Waals surface area contributed by atoms with E-state index in [4.69, 9.17) is 5.73 Å². The van der Waals surface area contributed by atoms with Gasteiger partial charge < -0.3 is 68.2 Å². The smallest absolute Gasteiger partial charge is 0.303 e. The van der Waals surface area contributed by atoms with Crippen LogP contribution in [0.5, 0.6) is 11.5 Å². The number of Topliss-reactive ketones (excluding diaryl/α,β-unsaturated/α-hetero) is 9. The van der Waals surface area contributed by atoms with Crippen molar-refractivity contribution < 1.29 is 113 Å². The van der Waals surface area contributed by atoms with E-state index in [-0.39, 0.29) is 55.5 Å². The molecule has 1 fully saturated rings. The summed E-state index contributed by atoms with van der Waals surface area (Å²) in [5.41, 5.74) is 18.0. The van der Waals surface area contributed by atoms with E-state index in [2.05, 4.69) is 134 Å². The topological polar surface area (TPSA) is 588 Å². The molecule has 1 saturated heterocycles. The molecule has 582 valence electrons. The van der Waals surface area contributed by atoms with Gasteiger partial charge in [0.15, 0.2) is 5.78 Å². The number of nitrogens with zero attached hydrogens (tertiary/aromatic N) is 1. The van der Waals surface area contributed by atoms with Gasteiger partial charge in [-0.25, -0.2) is 21.7 Å². The van der Waals surface area contributed by atoms with Gasteiger partial charge in [-0.2, -0.15) is 68.6 Å². The van der Waals surface area contributed by atoms with E-state index < -0.39 is 233 Å². The average Bonchev–Trinajstić information content (AvgIpc) is 1.83. The second-order valence-electron chi connectivity index (χ2n) is 23.8. The van der Waals surface area contributed by atoms with Crippen molar-refractivity contribution >= 4 is 179 Å². The number of aliphatic hydroxyl groups is 3. The Morgan fingerprint density at radius 3 is 1.55 bits per heavy atom. The SMILES string of the molecule is C[C@H](NCN1CCC[C@H]1C(=O)C(=O)[C@H](CC(N)=O)NN[C@@H](CS)C(=O)N[C@@H](CS)C(=O)C(=O)[C@H](Cc1ccc(O)cc1)NN[C@@H](CCC(=O)O)C(=O)N[C@@H](CS)C(=O)C(=O)C(O)(O)CSS)C(=O)CN[C@@H](CS)C(=O)N[C@H](C(=O)NCC(=O)N[C@@H](CS)C(=O)C(=O)[C@H](Cc1ccc(O)cc1)NO)[C@@H](C)O. The number of hydroxylamine groups is 1. The number of nitrogens with two attached hydrogens (primary N) is 1. The Bertz CT molecular complexity index is 3410.